The number of hydrogen-bond acceptors (Lipinski definition) is 8. The van der Waals surface area contributed by atoms with Crippen molar-refractivity contribution in [3.8, 4) is 28.8 Å². The lowest BCUT2D eigenvalue weighted by Gasteiger charge is -2.13. The SMILES string of the molecule is COC(=O)c1cc(OC)c(OC)cc1NC=C(C#N)c1nc(-c2ccc(F)cc2)cs1. The molecule has 1 aromatic heterocycles. The van der Waals surface area contributed by atoms with Crippen molar-refractivity contribution in [3.05, 3.63) is 64.4 Å². The van der Waals surface area contributed by atoms with Crippen molar-refractivity contribution in [1.29, 1.82) is 5.26 Å². The van der Waals surface area contributed by atoms with E-state index in [1.807, 2.05) is 0 Å². The number of allylic oxidation sites excluding steroid dienone is 1. The molecule has 0 aliphatic carbocycles. The van der Waals surface area contributed by atoms with Crippen molar-refractivity contribution < 1.29 is 23.4 Å². The molecular formula is C22H18FN3O4S. The van der Waals surface area contributed by atoms with Crippen molar-refractivity contribution >= 4 is 28.6 Å². The van der Waals surface area contributed by atoms with Gasteiger partial charge in [-0.15, -0.1) is 11.3 Å². The minimum Gasteiger partial charge on any atom is -0.493 e. The number of anilines is 1. The van der Waals surface area contributed by atoms with E-state index < -0.39 is 5.97 Å². The number of esters is 1. The Bertz CT molecular complexity index is 1170. The van der Waals surface area contributed by atoms with E-state index in [2.05, 4.69) is 16.4 Å². The standard InChI is InChI=1S/C22H18FN3O4S/c1-28-19-8-16(22(27)30-3)17(9-20(19)29-2)25-11-14(10-24)21-26-18(12-31-21)13-4-6-15(23)7-5-13/h4-9,11-12,25H,1-3H3. The third kappa shape index (κ3) is 4.82. The molecule has 0 saturated heterocycles. The summed E-state index contributed by atoms with van der Waals surface area (Å²) in [6.07, 6.45) is 1.45. The quantitative estimate of drug-likeness (QED) is 0.420. The second-order valence-electron chi connectivity index (χ2n) is 6.10. The summed E-state index contributed by atoms with van der Waals surface area (Å²) in [5.74, 6) is -0.153. The molecule has 3 aromatic rings. The first-order valence-electron chi connectivity index (χ1n) is 8.93. The largest absolute Gasteiger partial charge is 0.493 e. The summed E-state index contributed by atoms with van der Waals surface area (Å²) in [7, 11) is 4.20. The summed E-state index contributed by atoms with van der Waals surface area (Å²) in [5, 5.41) is 14.8. The molecule has 0 unspecified atom stereocenters. The highest BCUT2D eigenvalue weighted by molar-refractivity contribution is 7.11. The van der Waals surface area contributed by atoms with Crippen LogP contribution in [0.2, 0.25) is 0 Å². The van der Waals surface area contributed by atoms with Crippen LogP contribution in [0.15, 0.2) is 48.0 Å². The Morgan fingerprint density at radius 1 is 1.16 bits per heavy atom. The fraction of sp³-hybridized carbons (Fsp3) is 0.136. The lowest BCUT2D eigenvalue weighted by Crippen LogP contribution is -2.07. The maximum atomic E-state index is 13.1. The summed E-state index contributed by atoms with van der Waals surface area (Å²) >= 11 is 1.27. The molecule has 0 spiro atoms. The zero-order valence-corrected chi connectivity index (χ0v) is 17.7. The van der Waals surface area contributed by atoms with Crippen molar-refractivity contribution in [2.24, 2.45) is 0 Å². The molecule has 1 N–H and O–H groups in total. The monoisotopic (exact) mass is 439 g/mol. The van der Waals surface area contributed by atoms with Gasteiger partial charge in [0.15, 0.2) is 11.5 Å². The summed E-state index contributed by atoms with van der Waals surface area (Å²) in [6, 6.07) is 11.1. The predicted molar refractivity (Wildman–Crippen MR) is 116 cm³/mol. The van der Waals surface area contributed by atoms with Crippen LogP contribution in [-0.2, 0) is 4.74 Å². The van der Waals surface area contributed by atoms with Gasteiger partial charge in [-0.05, 0) is 24.3 Å². The molecule has 3 rings (SSSR count). The molecule has 0 aliphatic heterocycles. The highest BCUT2D eigenvalue weighted by atomic mass is 32.1. The molecule has 1 heterocycles. The molecule has 0 aliphatic rings. The van der Waals surface area contributed by atoms with Crippen LogP contribution in [0.1, 0.15) is 15.4 Å². The summed E-state index contributed by atoms with van der Waals surface area (Å²) in [5.41, 5.74) is 2.20. The number of benzene rings is 2. The first-order chi connectivity index (χ1) is 15.0. The van der Waals surface area contributed by atoms with Gasteiger partial charge in [0.1, 0.15) is 22.5 Å². The number of methoxy groups -OCH3 is 3. The third-order valence-corrected chi connectivity index (χ3v) is 5.17. The lowest BCUT2D eigenvalue weighted by atomic mass is 10.1. The number of nitrogens with zero attached hydrogens (tertiary/aromatic N) is 2. The smallest absolute Gasteiger partial charge is 0.340 e. The third-order valence-electron chi connectivity index (χ3n) is 4.30. The first-order valence-corrected chi connectivity index (χ1v) is 9.81. The van der Waals surface area contributed by atoms with Gasteiger partial charge in [-0.3, -0.25) is 0 Å². The van der Waals surface area contributed by atoms with Gasteiger partial charge in [0.25, 0.3) is 0 Å². The number of carbonyl (C=O) groups is 1. The van der Waals surface area contributed by atoms with E-state index in [1.165, 1.54) is 57.1 Å². The highest BCUT2D eigenvalue weighted by Crippen LogP contribution is 2.34. The van der Waals surface area contributed by atoms with Gasteiger partial charge in [-0.25, -0.2) is 14.2 Å². The summed E-state index contributed by atoms with van der Waals surface area (Å²) in [6.45, 7) is 0. The molecule has 0 atom stereocenters. The number of hydrogen-bond donors (Lipinski definition) is 1. The van der Waals surface area contributed by atoms with E-state index in [1.54, 1.807) is 23.6 Å². The summed E-state index contributed by atoms with van der Waals surface area (Å²) < 4.78 is 28.5. The Labute approximate surface area is 182 Å². The molecular weight excluding hydrogens is 421 g/mol. The van der Waals surface area contributed by atoms with E-state index >= 15 is 0 Å². The average molecular weight is 439 g/mol. The molecule has 2 aromatic carbocycles. The van der Waals surface area contributed by atoms with Crippen molar-refractivity contribution in [2.45, 2.75) is 0 Å². The summed E-state index contributed by atoms with van der Waals surface area (Å²) in [4.78, 5) is 16.6. The minimum absolute atomic E-state index is 0.208. The van der Waals surface area contributed by atoms with Crippen LogP contribution in [0.4, 0.5) is 10.1 Å². The van der Waals surface area contributed by atoms with Crippen molar-refractivity contribution in [2.75, 3.05) is 26.6 Å². The number of nitrogens with one attached hydrogen (secondary N) is 1. The van der Waals surface area contributed by atoms with Gasteiger partial charge >= 0.3 is 5.97 Å². The Morgan fingerprint density at radius 3 is 2.45 bits per heavy atom. The Hall–Kier alpha value is -3.90. The molecule has 158 valence electrons. The van der Waals surface area contributed by atoms with Crippen molar-refractivity contribution in [3.63, 3.8) is 0 Å². The van der Waals surface area contributed by atoms with Gasteiger partial charge in [0, 0.05) is 29.3 Å². The van der Waals surface area contributed by atoms with E-state index in [0.29, 0.717) is 27.9 Å². The maximum Gasteiger partial charge on any atom is 0.340 e. The van der Waals surface area contributed by atoms with E-state index in [9.17, 15) is 14.4 Å². The molecule has 0 bridgehead atoms. The fourth-order valence-electron chi connectivity index (χ4n) is 2.72. The van der Waals surface area contributed by atoms with Crippen LogP contribution < -0.4 is 14.8 Å². The minimum atomic E-state index is -0.580. The van der Waals surface area contributed by atoms with Crippen LogP contribution in [0.5, 0.6) is 11.5 Å². The zero-order chi connectivity index (χ0) is 22.4. The van der Waals surface area contributed by atoms with Crippen molar-refractivity contribution in [1.82, 2.24) is 4.98 Å². The molecule has 0 fully saturated rings. The molecule has 0 saturated carbocycles. The Kier molecular flexibility index (Phi) is 6.85. The van der Waals surface area contributed by atoms with Crippen LogP contribution in [0.25, 0.3) is 16.8 Å². The van der Waals surface area contributed by atoms with Gasteiger partial charge in [-0.2, -0.15) is 5.26 Å². The van der Waals surface area contributed by atoms with E-state index in [-0.39, 0.29) is 17.0 Å². The first kappa shape index (κ1) is 21.8. The molecule has 0 amide bonds. The highest BCUT2D eigenvalue weighted by Gasteiger charge is 2.17. The number of ether oxygens (including phenoxy) is 3. The number of halogens is 1. The van der Waals surface area contributed by atoms with Gasteiger partial charge < -0.3 is 19.5 Å². The second-order valence-corrected chi connectivity index (χ2v) is 6.96. The number of aromatic nitrogens is 1. The van der Waals surface area contributed by atoms with Gasteiger partial charge in [0.2, 0.25) is 0 Å². The Balaban J connectivity index is 1.93. The van der Waals surface area contributed by atoms with Gasteiger partial charge in [0.05, 0.1) is 38.3 Å². The zero-order valence-electron chi connectivity index (χ0n) is 16.9. The molecule has 9 heteroatoms. The topological polar surface area (TPSA) is 93.5 Å². The average Bonchev–Trinajstić information content (AvgIpc) is 3.29. The Morgan fingerprint density at radius 2 is 1.84 bits per heavy atom. The number of thiazole rings is 1. The van der Waals surface area contributed by atoms with Crippen LogP contribution in [-0.4, -0.2) is 32.3 Å². The maximum absolute atomic E-state index is 13.1. The van der Waals surface area contributed by atoms with Crippen LogP contribution >= 0.6 is 11.3 Å². The van der Waals surface area contributed by atoms with E-state index in [0.717, 1.165) is 5.56 Å². The van der Waals surface area contributed by atoms with Crippen LogP contribution in [0.3, 0.4) is 0 Å². The lowest BCUT2D eigenvalue weighted by molar-refractivity contribution is 0.0601. The number of carbonyl (C=O) groups excluding carboxylic acids is 1. The molecule has 31 heavy (non-hydrogen) atoms. The molecule has 7 nitrogen and oxygen atoms in total. The predicted octanol–water partition coefficient (Wildman–Crippen LogP) is 4.73. The second kappa shape index (κ2) is 9.73. The normalized spacial score (nSPS) is 10.9. The molecule has 0 radical (unpaired) electrons. The van der Waals surface area contributed by atoms with Crippen LogP contribution in [0, 0.1) is 17.1 Å². The fourth-order valence-corrected chi connectivity index (χ4v) is 3.51. The number of rotatable bonds is 7. The van der Waals surface area contributed by atoms with Gasteiger partial charge in [-0.1, -0.05) is 0 Å². The van der Waals surface area contributed by atoms with E-state index in [4.69, 9.17) is 14.2 Å². The number of nitriles is 1.